The van der Waals surface area contributed by atoms with Crippen LogP contribution in [0.25, 0.3) is 11.4 Å². The number of H-pyrrole nitrogens is 1. The Morgan fingerprint density at radius 2 is 2.00 bits per heavy atom. The minimum atomic E-state index is -0.145. The zero-order chi connectivity index (χ0) is 14.2. The highest BCUT2D eigenvalue weighted by Crippen LogP contribution is 2.32. The summed E-state index contributed by atoms with van der Waals surface area (Å²) < 4.78 is 8.06. The Balaban J connectivity index is 2.73. The van der Waals surface area contributed by atoms with Crippen molar-refractivity contribution in [2.45, 2.75) is 33.2 Å². The average molecular weight is 277 g/mol. The third kappa shape index (κ3) is 2.56. The molecule has 0 bridgehead atoms. The van der Waals surface area contributed by atoms with E-state index in [4.69, 9.17) is 17.0 Å². The average Bonchev–Trinajstić information content (AvgIpc) is 2.70. The molecule has 0 atom stereocenters. The molecule has 0 saturated carbocycles. The van der Waals surface area contributed by atoms with Crippen molar-refractivity contribution in [3.8, 4) is 17.1 Å². The first kappa shape index (κ1) is 13.8. The quantitative estimate of drug-likeness (QED) is 0.851. The van der Waals surface area contributed by atoms with Gasteiger partial charge in [0, 0.05) is 5.54 Å². The summed E-state index contributed by atoms with van der Waals surface area (Å²) in [5, 5.41) is 7.24. The molecule has 2 rings (SSSR count). The largest absolute Gasteiger partial charge is 0.496 e. The lowest BCUT2D eigenvalue weighted by atomic mass is 10.1. The normalized spacial score (nSPS) is 11.6. The molecule has 5 heteroatoms. The van der Waals surface area contributed by atoms with Crippen molar-refractivity contribution in [3.05, 3.63) is 28.5 Å². The third-order valence-electron chi connectivity index (χ3n) is 2.94. The highest BCUT2D eigenvalue weighted by molar-refractivity contribution is 7.71. The number of methoxy groups -OCH3 is 1. The van der Waals surface area contributed by atoms with E-state index in [1.165, 1.54) is 0 Å². The van der Waals surface area contributed by atoms with Crippen molar-refractivity contribution in [2.75, 3.05) is 7.11 Å². The van der Waals surface area contributed by atoms with E-state index in [0.29, 0.717) is 4.77 Å². The third-order valence-corrected chi connectivity index (χ3v) is 3.21. The van der Waals surface area contributed by atoms with Gasteiger partial charge in [0.1, 0.15) is 5.75 Å². The lowest BCUT2D eigenvalue weighted by Crippen LogP contribution is -2.23. The maximum Gasteiger partial charge on any atom is 0.195 e. The second-order valence-corrected chi connectivity index (χ2v) is 5.95. The second kappa shape index (κ2) is 4.81. The summed E-state index contributed by atoms with van der Waals surface area (Å²) in [6.07, 6.45) is 0. The molecule has 0 aliphatic rings. The lowest BCUT2D eigenvalue weighted by molar-refractivity contribution is 0.392. The van der Waals surface area contributed by atoms with Gasteiger partial charge in [-0.2, -0.15) is 5.10 Å². The zero-order valence-electron chi connectivity index (χ0n) is 11.9. The van der Waals surface area contributed by atoms with Crippen molar-refractivity contribution >= 4 is 12.2 Å². The summed E-state index contributed by atoms with van der Waals surface area (Å²) in [6, 6.07) is 6.03. The number of nitrogens with zero attached hydrogens (tertiary/aromatic N) is 2. The van der Waals surface area contributed by atoms with Gasteiger partial charge in [-0.25, -0.2) is 0 Å². The first-order valence-corrected chi connectivity index (χ1v) is 6.58. The monoisotopic (exact) mass is 277 g/mol. The number of benzene rings is 1. The molecule has 102 valence electrons. The van der Waals surface area contributed by atoms with Gasteiger partial charge in [-0.1, -0.05) is 11.6 Å². The van der Waals surface area contributed by atoms with E-state index < -0.39 is 0 Å². The van der Waals surface area contributed by atoms with Crippen molar-refractivity contribution < 1.29 is 4.74 Å². The lowest BCUT2D eigenvalue weighted by Gasteiger charge is -2.23. The van der Waals surface area contributed by atoms with E-state index >= 15 is 0 Å². The van der Waals surface area contributed by atoms with Crippen LogP contribution in [0.15, 0.2) is 18.2 Å². The number of ether oxygens (including phenoxy) is 1. The number of rotatable bonds is 2. The standard InChI is InChI=1S/C14H19N3OS/c1-9-6-7-11(18-5)10(8-9)12-15-16-13(19)17(12)14(2,3)4/h6-8H,1-5H3,(H,16,19). The molecule has 1 aromatic heterocycles. The van der Waals surface area contributed by atoms with E-state index in [-0.39, 0.29) is 5.54 Å². The fourth-order valence-corrected chi connectivity index (χ4v) is 2.50. The molecule has 19 heavy (non-hydrogen) atoms. The molecule has 1 N–H and O–H groups in total. The molecule has 0 aliphatic heterocycles. The summed E-state index contributed by atoms with van der Waals surface area (Å²) in [5.41, 5.74) is 1.96. The first-order valence-electron chi connectivity index (χ1n) is 6.17. The number of nitrogens with one attached hydrogen (secondary N) is 1. The van der Waals surface area contributed by atoms with Crippen LogP contribution in [0.5, 0.6) is 5.75 Å². The number of hydrogen-bond acceptors (Lipinski definition) is 3. The summed E-state index contributed by atoms with van der Waals surface area (Å²) >= 11 is 5.34. The Morgan fingerprint density at radius 3 is 2.58 bits per heavy atom. The Hall–Kier alpha value is -1.62. The minimum absolute atomic E-state index is 0.145. The van der Waals surface area contributed by atoms with Crippen molar-refractivity contribution in [1.82, 2.24) is 14.8 Å². The first-order chi connectivity index (χ1) is 8.84. The Bertz CT molecular complexity index is 649. The van der Waals surface area contributed by atoms with Gasteiger partial charge in [0.2, 0.25) is 0 Å². The number of aromatic nitrogens is 3. The number of hydrogen-bond donors (Lipinski definition) is 1. The van der Waals surface area contributed by atoms with Gasteiger partial charge in [0.25, 0.3) is 0 Å². The van der Waals surface area contributed by atoms with E-state index in [1.54, 1.807) is 7.11 Å². The molecule has 0 aliphatic carbocycles. The summed E-state index contributed by atoms with van der Waals surface area (Å²) in [7, 11) is 1.66. The number of aryl methyl sites for hydroxylation is 1. The number of aromatic amines is 1. The highest BCUT2D eigenvalue weighted by Gasteiger charge is 2.22. The Morgan fingerprint density at radius 1 is 1.32 bits per heavy atom. The molecule has 0 amide bonds. The fourth-order valence-electron chi connectivity index (χ4n) is 2.10. The Kier molecular flexibility index (Phi) is 3.49. The van der Waals surface area contributed by atoms with Gasteiger partial charge in [-0.15, -0.1) is 0 Å². The summed E-state index contributed by atoms with van der Waals surface area (Å²) in [4.78, 5) is 0. The van der Waals surface area contributed by atoms with E-state index in [1.807, 2.05) is 23.6 Å². The molecular formula is C14H19N3OS. The van der Waals surface area contributed by atoms with E-state index in [0.717, 1.165) is 22.7 Å². The van der Waals surface area contributed by atoms with Gasteiger partial charge in [-0.05, 0) is 52.0 Å². The van der Waals surface area contributed by atoms with Gasteiger partial charge < -0.3 is 4.74 Å². The highest BCUT2D eigenvalue weighted by atomic mass is 32.1. The molecule has 1 heterocycles. The molecule has 2 aromatic rings. The summed E-state index contributed by atoms with van der Waals surface area (Å²) in [5.74, 6) is 1.60. The fraction of sp³-hybridized carbons (Fsp3) is 0.429. The predicted molar refractivity (Wildman–Crippen MR) is 79.1 cm³/mol. The van der Waals surface area contributed by atoms with Crippen molar-refractivity contribution in [3.63, 3.8) is 0 Å². The van der Waals surface area contributed by atoms with Gasteiger partial charge >= 0.3 is 0 Å². The smallest absolute Gasteiger partial charge is 0.195 e. The zero-order valence-corrected chi connectivity index (χ0v) is 12.8. The predicted octanol–water partition coefficient (Wildman–Crippen LogP) is 3.68. The molecular weight excluding hydrogens is 258 g/mol. The molecule has 1 aromatic carbocycles. The molecule has 4 nitrogen and oxygen atoms in total. The molecule has 0 radical (unpaired) electrons. The molecule has 0 fully saturated rings. The topological polar surface area (TPSA) is 42.8 Å². The molecule has 0 saturated heterocycles. The van der Waals surface area contributed by atoms with Crippen LogP contribution < -0.4 is 4.74 Å². The van der Waals surface area contributed by atoms with Crippen LogP contribution in [0.4, 0.5) is 0 Å². The maximum absolute atomic E-state index is 5.43. The van der Waals surface area contributed by atoms with Crippen LogP contribution in [0, 0.1) is 11.7 Å². The van der Waals surface area contributed by atoms with Crippen LogP contribution in [0.2, 0.25) is 0 Å². The van der Waals surface area contributed by atoms with Crippen LogP contribution in [0.1, 0.15) is 26.3 Å². The van der Waals surface area contributed by atoms with Gasteiger partial charge in [0.05, 0.1) is 12.7 Å². The summed E-state index contributed by atoms with van der Waals surface area (Å²) in [6.45, 7) is 8.35. The Labute approximate surface area is 118 Å². The SMILES string of the molecule is COc1ccc(C)cc1-c1n[nH]c(=S)n1C(C)(C)C. The van der Waals surface area contributed by atoms with Crippen LogP contribution >= 0.6 is 12.2 Å². The van der Waals surface area contributed by atoms with Crippen LogP contribution in [0.3, 0.4) is 0 Å². The van der Waals surface area contributed by atoms with Crippen molar-refractivity contribution in [1.29, 1.82) is 0 Å². The maximum atomic E-state index is 5.43. The van der Waals surface area contributed by atoms with Gasteiger partial charge in [-0.3, -0.25) is 9.67 Å². The van der Waals surface area contributed by atoms with E-state index in [2.05, 4.69) is 37.0 Å². The van der Waals surface area contributed by atoms with E-state index in [9.17, 15) is 0 Å². The van der Waals surface area contributed by atoms with Crippen molar-refractivity contribution in [2.24, 2.45) is 0 Å². The minimum Gasteiger partial charge on any atom is -0.496 e. The second-order valence-electron chi connectivity index (χ2n) is 5.56. The molecule has 0 unspecified atom stereocenters. The van der Waals surface area contributed by atoms with Crippen LogP contribution in [-0.2, 0) is 5.54 Å². The molecule has 0 spiro atoms. The van der Waals surface area contributed by atoms with Gasteiger partial charge in [0.15, 0.2) is 10.6 Å². The van der Waals surface area contributed by atoms with Crippen LogP contribution in [-0.4, -0.2) is 21.9 Å².